The number of ether oxygens (including phenoxy) is 4. The molecule has 0 spiro atoms. The van der Waals surface area contributed by atoms with Gasteiger partial charge in [0.05, 0.1) is 20.6 Å². The van der Waals surface area contributed by atoms with Gasteiger partial charge in [-0.3, -0.25) is 4.79 Å². The molecule has 0 saturated carbocycles. The molecule has 3 aromatic rings. The Balaban J connectivity index is 1.25. The first kappa shape index (κ1) is 19.7. The zero-order valence-corrected chi connectivity index (χ0v) is 18.2. The third kappa shape index (κ3) is 3.69. The lowest BCUT2D eigenvalue weighted by atomic mass is 10.1. The second-order valence-corrected chi connectivity index (χ2v) is 8.35. The van der Waals surface area contributed by atoms with Crippen molar-refractivity contribution in [3.63, 3.8) is 0 Å². The van der Waals surface area contributed by atoms with E-state index < -0.39 is 0 Å². The summed E-state index contributed by atoms with van der Waals surface area (Å²) in [4.78, 5) is 21.7. The molecule has 1 amide bonds. The number of carbonyl (C=O) groups is 1. The number of fused-ring (bicyclic) bond motifs is 2. The molecule has 9 heteroatoms. The lowest BCUT2D eigenvalue weighted by Crippen LogP contribution is -2.49. The first-order chi connectivity index (χ1) is 15.2. The number of methoxy groups -OCH3 is 2. The highest BCUT2D eigenvalue weighted by Crippen LogP contribution is 2.40. The van der Waals surface area contributed by atoms with E-state index in [1.807, 2.05) is 35.2 Å². The number of aromatic nitrogens is 1. The molecule has 1 saturated heterocycles. The topological polar surface area (TPSA) is 73.4 Å². The second-order valence-electron chi connectivity index (χ2n) is 7.38. The van der Waals surface area contributed by atoms with Crippen molar-refractivity contribution in [2.45, 2.75) is 6.42 Å². The number of thiazole rings is 1. The molecule has 3 heterocycles. The van der Waals surface area contributed by atoms with Crippen molar-refractivity contribution < 1.29 is 23.7 Å². The van der Waals surface area contributed by atoms with E-state index in [1.54, 1.807) is 25.6 Å². The Labute approximate surface area is 183 Å². The minimum Gasteiger partial charge on any atom is -0.495 e. The maximum atomic E-state index is 12.8. The van der Waals surface area contributed by atoms with Crippen molar-refractivity contribution in [3.05, 3.63) is 35.9 Å². The summed E-state index contributed by atoms with van der Waals surface area (Å²) in [6.07, 6.45) is 0.353. The van der Waals surface area contributed by atoms with Gasteiger partial charge in [-0.2, -0.15) is 0 Å². The number of hydrogen-bond acceptors (Lipinski definition) is 8. The predicted molar refractivity (Wildman–Crippen MR) is 118 cm³/mol. The third-order valence-electron chi connectivity index (χ3n) is 5.59. The minimum atomic E-state index is 0.117. The fourth-order valence-corrected chi connectivity index (χ4v) is 5.02. The zero-order valence-electron chi connectivity index (χ0n) is 17.4. The van der Waals surface area contributed by atoms with Crippen molar-refractivity contribution in [2.75, 3.05) is 52.1 Å². The van der Waals surface area contributed by atoms with E-state index >= 15 is 0 Å². The van der Waals surface area contributed by atoms with Crippen LogP contribution in [-0.2, 0) is 11.2 Å². The summed E-state index contributed by atoms with van der Waals surface area (Å²) >= 11 is 1.59. The molecule has 2 aliphatic heterocycles. The van der Waals surface area contributed by atoms with E-state index in [4.69, 9.17) is 23.9 Å². The summed E-state index contributed by atoms with van der Waals surface area (Å²) in [6.45, 7) is 3.02. The molecule has 2 aliphatic rings. The average Bonchev–Trinajstić information content (AvgIpc) is 3.45. The first-order valence-corrected chi connectivity index (χ1v) is 10.9. The molecular formula is C22H23N3O5S. The van der Waals surface area contributed by atoms with E-state index in [0.29, 0.717) is 25.3 Å². The van der Waals surface area contributed by atoms with E-state index in [1.165, 1.54) is 0 Å². The fraction of sp³-hybridized carbons (Fsp3) is 0.364. The molecule has 0 N–H and O–H groups in total. The Morgan fingerprint density at radius 3 is 2.55 bits per heavy atom. The molecule has 31 heavy (non-hydrogen) atoms. The van der Waals surface area contributed by atoms with Crippen molar-refractivity contribution >= 4 is 32.6 Å². The van der Waals surface area contributed by atoms with E-state index in [2.05, 4.69) is 4.90 Å². The van der Waals surface area contributed by atoms with Gasteiger partial charge < -0.3 is 28.7 Å². The number of anilines is 1. The zero-order chi connectivity index (χ0) is 21.4. The monoisotopic (exact) mass is 441 g/mol. The molecular weight excluding hydrogens is 418 g/mol. The van der Waals surface area contributed by atoms with Gasteiger partial charge in [0.1, 0.15) is 21.7 Å². The Morgan fingerprint density at radius 2 is 1.77 bits per heavy atom. The largest absolute Gasteiger partial charge is 0.495 e. The molecule has 1 aromatic heterocycles. The molecule has 2 aromatic carbocycles. The van der Waals surface area contributed by atoms with Crippen LogP contribution in [0.3, 0.4) is 0 Å². The van der Waals surface area contributed by atoms with Crippen LogP contribution in [0.4, 0.5) is 5.13 Å². The summed E-state index contributed by atoms with van der Waals surface area (Å²) < 4.78 is 22.7. The minimum absolute atomic E-state index is 0.117. The second kappa shape index (κ2) is 8.14. The highest BCUT2D eigenvalue weighted by atomic mass is 32.1. The van der Waals surface area contributed by atoms with Crippen LogP contribution in [0.2, 0.25) is 0 Å². The third-order valence-corrected chi connectivity index (χ3v) is 6.72. The van der Waals surface area contributed by atoms with E-state index in [-0.39, 0.29) is 12.7 Å². The number of nitrogens with zero attached hydrogens (tertiary/aromatic N) is 3. The van der Waals surface area contributed by atoms with Crippen LogP contribution in [0.15, 0.2) is 30.3 Å². The van der Waals surface area contributed by atoms with Gasteiger partial charge in [-0.15, -0.1) is 0 Å². The van der Waals surface area contributed by atoms with Crippen LogP contribution in [-0.4, -0.2) is 63.0 Å². The predicted octanol–water partition coefficient (Wildman–Crippen LogP) is 2.93. The number of rotatable bonds is 5. The Hall–Kier alpha value is -3.20. The Kier molecular flexibility index (Phi) is 5.19. The molecule has 0 aliphatic carbocycles. The Morgan fingerprint density at radius 1 is 1.03 bits per heavy atom. The molecule has 162 valence electrons. The smallest absolute Gasteiger partial charge is 0.231 e. The van der Waals surface area contributed by atoms with Gasteiger partial charge in [0.15, 0.2) is 16.6 Å². The van der Waals surface area contributed by atoms with Crippen LogP contribution in [0.25, 0.3) is 10.2 Å². The molecule has 1 fully saturated rings. The summed E-state index contributed by atoms with van der Waals surface area (Å²) in [6, 6.07) is 9.44. The lowest BCUT2D eigenvalue weighted by molar-refractivity contribution is -0.130. The van der Waals surface area contributed by atoms with E-state index in [0.717, 1.165) is 51.2 Å². The van der Waals surface area contributed by atoms with Gasteiger partial charge in [-0.05, 0) is 29.8 Å². The van der Waals surface area contributed by atoms with Gasteiger partial charge >= 0.3 is 0 Å². The van der Waals surface area contributed by atoms with Gasteiger partial charge in [-0.1, -0.05) is 17.4 Å². The summed E-state index contributed by atoms with van der Waals surface area (Å²) in [5.74, 6) is 3.07. The average molecular weight is 442 g/mol. The summed E-state index contributed by atoms with van der Waals surface area (Å²) in [7, 11) is 3.30. The highest BCUT2D eigenvalue weighted by molar-refractivity contribution is 7.22. The molecule has 0 unspecified atom stereocenters. The maximum absolute atomic E-state index is 12.8. The van der Waals surface area contributed by atoms with Crippen LogP contribution in [0.1, 0.15) is 5.56 Å². The van der Waals surface area contributed by atoms with Gasteiger partial charge in [-0.25, -0.2) is 4.98 Å². The van der Waals surface area contributed by atoms with Crippen LogP contribution >= 0.6 is 11.3 Å². The van der Waals surface area contributed by atoms with E-state index in [9.17, 15) is 4.79 Å². The molecule has 5 rings (SSSR count). The van der Waals surface area contributed by atoms with Gasteiger partial charge in [0, 0.05) is 26.2 Å². The summed E-state index contributed by atoms with van der Waals surface area (Å²) in [5, 5.41) is 0.917. The molecule has 0 radical (unpaired) electrons. The molecule has 0 atom stereocenters. The maximum Gasteiger partial charge on any atom is 0.231 e. The number of hydrogen-bond donors (Lipinski definition) is 0. The van der Waals surface area contributed by atoms with Crippen molar-refractivity contribution in [2.24, 2.45) is 0 Å². The molecule has 8 nitrogen and oxygen atoms in total. The number of carbonyl (C=O) groups excluding carboxylic acids is 1. The molecule has 0 bridgehead atoms. The fourth-order valence-electron chi connectivity index (χ4n) is 3.89. The van der Waals surface area contributed by atoms with Crippen LogP contribution in [0, 0.1) is 0 Å². The van der Waals surface area contributed by atoms with Crippen molar-refractivity contribution in [3.8, 4) is 23.0 Å². The lowest BCUT2D eigenvalue weighted by Gasteiger charge is -2.34. The van der Waals surface area contributed by atoms with Crippen LogP contribution < -0.4 is 23.8 Å². The Bertz CT molecular complexity index is 1080. The normalized spacial score (nSPS) is 15.4. The first-order valence-electron chi connectivity index (χ1n) is 10.1. The van der Waals surface area contributed by atoms with Crippen molar-refractivity contribution in [1.82, 2.24) is 9.88 Å². The van der Waals surface area contributed by atoms with Crippen molar-refractivity contribution in [1.29, 1.82) is 0 Å². The number of benzene rings is 2. The summed E-state index contributed by atoms with van der Waals surface area (Å²) in [5.41, 5.74) is 1.74. The quantitative estimate of drug-likeness (QED) is 0.603. The standard InChI is InChI=1S/C22H23N3O5S/c1-27-16-5-6-17(28-2)21-20(16)23-22(31-21)25-9-7-24(8-10-25)19(26)12-14-3-4-15-18(11-14)30-13-29-15/h3-6,11H,7-10,12-13H2,1-2H3. The van der Waals surface area contributed by atoms with Crippen LogP contribution in [0.5, 0.6) is 23.0 Å². The number of amides is 1. The highest BCUT2D eigenvalue weighted by Gasteiger charge is 2.25. The number of piperazine rings is 1. The van der Waals surface area contributed by atoms with Gasteiger partial charge in [0.25, 0.3) is 0 Å². The SMILES string of the molecule is COc1ccc(OC)c2sc(N3CCN(C(=O)Cc4ccc5c(c4)OCO5)CC3)nc12. The van der Waals surface area contributed by atoms with Gasteiger partial charge in [0.2, 0.25) is 12.7 Å².